The van der Waals surface area contributed by atoms with Crippen molar-refractivity contribution >= 4 is 0 Å². The van der Waals surface area contributed by atoms with Crippen LogP contribution in [0.3, 0.4) is 0 Å². The van der Waals surface area contributed by atoms with E-state index in [2.05, 4.69) is 0 Å². The fraction of sp³-hybridized carbons (Fsp3) is 0.200. The Morgan fingerprint density at radius 1 is 1.06 bits per heavy atom. The molecule has 0 aliphatic carbocycles. The van der Waals surface area contributed by atoms with Crippen molar-refractivity contribution in [3.63, 3.8) is 0 Å². The van der Waals surface area contributed by atoms with E-state index in [9.17, 15) is 4.39 Å². The van der Waals surface area contributed by atoms with Crippen LogP contribution in [0.5, 0.6) is 5.75 Å². The van der Waals surface area contributed by atoms with Gasteiger partial charge in [0.2, 0.25) is 0 Å². The predicted octanol–water partition coefficient (Wildman–Crippen LogP) is 3.52. The van der Waals surface area contributed by atoms with Gasteiger partial charge in [0.15, 0.2) is 11.6 Å². The maximum absolute atomic E-state index is 13.6. The minimum absolute atomic E-state index is 0.00616. The van der Waals surface area contributed by atoms with E-state index in [0.29, 0.717) is 0 Å². The predicted molar refractivity (Wildman–Crippen MR) is 71.0 cm³/mol. The Kier molecular flexibility index (Phi) is 3.63. The van der Waals surface area contributed by atoms with Crippen LogP contribution in [-0.2, 0) is 0 Å². The molecule has 3 heteroatoms. The first kappa shape index (κ1) is 12.6. The molecular weight excluding hydrogens is 229 g/mol. The Morgan fingerprint density at radius 3 is 2.17 bits per heavy atom. The Balaban J connectivity index is 2.34. The SMILES string of the molecule is COc1ccc(-c2ccc(C(C)N)cc2)cc1F. The van der Waals surface area contributed by atoms with Gasteiger partial charge in [0.25, 0.3) is 0 Å². The highest BCUT2D eigenvalue weighted by Gasteiger charge is 2.06. The molecule has 0 aliphatic rings. The molecule has 0 amide bonds. The van der Waals surface area contributed by atoms with Crippen LogP contribution in [0.1, 0.15) is 18.5 Å². The third-order valence-corrected chi connectivity index (χ3v) is 2.92. The summed E-state index contributed by atoms with van der Waals surface area (Å²) in [4.78, 5) is 0. The fourth-order valence-corrected chi connectivity index (χ4v) is 1.83. The van der Waals surface area contributed by atoms with Crippen LogP contribution >= 0.6 is 0 Å². The molecule has 94 valence electrons. The second-order valence-electron chi connectivity index (χ2n) is 4.26. The van der Waals surface area contributed by atoms with Crippen LogP contribution in [0.4, 0.5) is 4.39 Å². The first-order chi connectivity index (χ1) is 8.61. The van der Waals surface area contributed by atoms with Crippen LogP contribution < -0.4 is 10.5 Å². The van der Waals surface area contributed by atoms with Gasteiger partial charge in [0.05, 0.1) is 7.11 Å². The minimum Gasteiger partial charge on any atom is -0.494 e. The summed E-state index contributed by atoms with van der Waals surface area (Å²) in [6.45, 7) is 1.93. The zero-order valence-corrected chi connectivity index (χ0v) is 10.5. The molecule has 0 aromatic heterocycles. The van der Waals surface area contributed by atoms with E-state index < -0.39 is 0 Å². The summed E-state index contributed by atoms with van der Waals surface area (Å²) in [7, 11) is 1.45. The van der Waals surface area contributed by atoms with Crippen molar-refractivity contribution in [2.75, 3.05) is 7.11 Å². The van der Waals surface area contributed by atoms with E-state index >= 15 is 0 Å². The van der Waals surface area contributed by atoms with Crippen LogP contribution in [0, 0.1) is 5.82 Å². The first-order valence-electron chi connectivity index (χ1n) is 5.81. The average molecular weight is 245 g/mol. The van der Waals surface area contributed by atoms with Crippen molar-refractivity contribution in [3.05, 3.63) is 53.8 Å². The van der Waals surface area contributed by atoms with Crippen molar-refractivity contribution in [1.82, 2.24) is 0 Å². The molecule has 1 atom stereocenters. The zero-order chi connectivity index (χ0) is 13.1. The highest BCUT2D eigenvalue weighted by molar-refractivity contribution is 5.64. The topological polar surface area (TPSA) is 35.2 Å². The molecule has 0 saturated carbocycles. The van der Waals surface area contributed by atoms with Gasteiger partial charge in [0.1, 0.15) is 0 Å². The summed E-state index contributed by atoms with van der Waals surface area (Å²) >= 11 is 0. The lowest BCUT2D eigenvalue weighted by Crippen LogP contribution is -2.04. The number of ether oxygens (including phenoxy) is 1. The number of hydrogen-bond donors (Lipinski definition) is 1. The van der Waals surface area contributed by atoms with Gasteiger partial charge in [-0.25, -0.2) is 4.39 Å². The third-order valence-electron chi connectivity index (χ3n) is 2.92. The summed E-state index contributed by atoms with van der Waals surface area (Å²) in [6, 6.07) is 12.8. The van der Waals surface area contributed by atoms with Gasteiger partial charge >= 0.3 is 0 Å². The van der Waals surface area contributed by atoms with Gasteiger partial charge in [-0.3, -0.25) is 0 Å². The quantitative estimate of drug-likeness (QED) is 0.898. The van der Waals surface area contributed by atoms with Crippen molar-refractivity contribution in [3.8, 4) is 16.9 Å². The van der Waals surface area contributed by atoms with E-state index in [1.807, 2.05) is 37.3 Å². The molecule has 2 aromatic carbocycles. The molecular formula is C15H16FNO. The monoisotopic (exact) mass is 245 g/mol. The minimum atomic E-state index is -0.355. The Morgan fingerprint density at radius 2 is 1.67 bits per heavy atom. The molecule has 1 unspecified atom stereocenters. The van der Waals surface area contributed by atoms with Crippen molar-refractivity contribution in [2.45, 2.75) is 13.0 Å². The second-order valence-corrected chi connectivity index (χ2v) is 4.26. The van der Waals surface area contributed by atoms with Gasteiger partial charge in [-0.1, -0.05) is 30.3 Å². The number of rotatable bonds is 3. The number of halogens is 1. The zero-order valence-electron chi connectivity index (χ0n) is 10.5. The number of nitrogens with two attached hydrogens (primary N) is 1. The molecule has 0 heterocycles. The lowest BCUT2D eigenvalue weighted by atomic mass is 10.0. The lowest BCUT2D eigenvalue weighted by Gasteiger charge is -2.08. The lowest BCUT2D eigenvalue weighted by molar-refractivity contribution is 0.386. The Hall–Kier alpha value is -1.87. The smallest absolute Gasteiger partial charge is 0.165 e. The Bertz CT molecular complexity index is 535. The van der Waals surface area contributed by atoms with Gasteiger partial charge < -0.3 is 10.5 Å². The van der Waals surface area contributed by atoms with Crippen LogP contribution in [0.2, 0.25) is 0 Å². The molecule has 0 radical (unpaired) electrons. The summed E-state index contributed by atoms with van der Waals surface area (Å²) < 4.78 is 18.5. The Labute approximate surface area is 106 Å². The van der Waals surface area contributed by atoms with Crippen LogP contribution in [-0.4, -0.2) is 7.11 Å². The summed E-state index contributed by atoms with van der Waals surface area (Å²) in [5, 5.41) is 0. The molecule has 2 aromatic rings. The molecule has 0 fully saturated rings. The normalized spacial score (nSPS) is 12.2. The number of benzene rings is 2. The molecule has 2 nitrogen and oxygen atoms in total. The average Bonchev–Trinajstić information content (AvgIpc) is 2.38. The fourth-order valence-electron chi connectivity index (χ4n) is 1.83. The molecule has 2 N–H and O–H groups in total. The maximum atomic E-state index is 13.6. The highest BCUT2D eigenvalue weighted by Crippen LogP contribution is 2.26. The van der Waals surface area contributed by atoms with E-state index in [1.165, 1.54) is 13.2 Å². The largest absolute Gasteiger partial charge is 0.494 e. The van der Waals surface area contributed by atoms with E-state index in [1.54, 1.807) is 6.07 Å². The highest BCUT2D eigenvalue weighted by atomic mass is 19.1. The van der Waals surface area contributed by atoms with Crippen molar-refractivity contribution < 1.29 is 9.13 Å². The van der Waals surface area contributed by atoms with Gasteiger partial charge in [-0.15, -0.1) is 0 Å². The molecule has 0 aliphatic heterocycles. The van der Waals surface area contributed by atoms with E-state index in [-0.39, 0.29) is 17.6 Å². The van der Waals surface area contributed by atoms with Gasteiger partial charge in [0, 0.05) is 6.04 Å². The second kappa shape index (κ2) is 5.19. The maximum Gasteiger partial charge on any atom is 0.165 e. The molecule has 0 saturated heterocycles. The number of methoxy groups -OCH3 is 1. The summed E-state index contributed by atoms with van der Waals surface area (Å²) in [6.07, 6.45) is 0. The molecule has 0 spiro atoms. The van der Waals surface area contributed by atoms with Crippen molar-refractivity contribution in [1.29, 1.82) is 0 Å². The molecule has 0 bridgehead atoms. The third kappa shape index (κ3) is 2.51. The van der Waals surface area contributed by atoms with Crippen molar-refractivity contribution in [2.24, 2.45) is 5.73 Å². The summed E-state index contributed by atoms with van der Waals surface area (Å²) in [5.74, 6) is -0.0998. The van der Waals surface area contributed by atoms with E-state index in [0.717, 1.165) is 16.7 Å². The molecule has 18 heavy (non-hydrogen) atoms. The van der Waals surface area contributed by atoms with Crippen LogP contribution in [0.15, 0.2) is 42.5 Å². The van der Waals surface area contributed by atoms with Gasteiger partial charge in [-0.05, 0) is 35.7 Å². The number of hydrogen-bond acceptors (Lipinski definition) is 2. The summed E-state index contributed by atoms with van der Waals surface area (Å²) in [5.41, 5.74) is 8.63. The van der Waals surface area contributed by atoms with Crippen LogP contribution in [0.25, 0.3) is 11.1 Å². The van der Waals surface area contributed by atoms with Gasteiger partial charge in [-0.2, -0.15) is 0 Å². The first-order valence-corrected chi connectivity index (χ1v) is 5.81. The standard InChI is InChI=1S/C15H16FNO/c1-10(17)11-3-5-12(6-4-11)13-7-8-15(18-2)14(16)9-13/h3-10H,17H2,1-2H3. The van der Waals surface area contributed by atoms with E-state index in [4.69, 9.17) is 10.5 Å². The molecule has 2 rings (SSSR count).